The molecule has 0 radical (unpaired) electrons. The fourth-order valence-electron chi connectivity index (χ4n) is 2.27. The van der Waals surface area contributed by atoms with Crippen LogP contribution in [0.2, 0.25) is 5.02 Å². The van der Waals surface area contributed by atoms with Gasteiger partial charge in [0.05, 0.1) is 5.02 Å². The highest BCUT2D eigenvalue weighted by molar-refractivity contribution is 9.10. The van der Waals surface area contributed by atoms with Gasteiger partial charge in [-0.1, -0.05) is 45.7 Å². The van der Waals surface area contributed by atoms with Crippen LogP contribution in [0.1, 0.15) is 17.0 Å². The van der Waals surface area contributed by atoms with Gasteiger partial charge in [0.1, 0.15) is 5.82 Å². The normalized spacial score (nSPS) is 12.4. The quantitative estimate of drug-likeness (QED) is 0.812. The molecule has 2 aromatic rings. The van der Waals surface area contributed by atoms with E-state index in [1.165, 1.54) is 11.6 Å². The van der Waals surface area contributed by atoms with Gasteiger partial charge in [0.2, 0.25) is 0 Å². The van der Waals surface area contributed by atoms with Crippen molar-refractivity contribution < 1.29 is 4.39 Å². The molecule has 1 nitrogen and oxygen atoms in total. The molecule has 1 unspecified atom stereocenters. The maximum Gasteiger partial charge on any atom is 0.141 e. The Bertz CT molecular complexity index is 588. The third-order valence-electron chi connectivity index (χ3n) is 3.24. The van der Waals surface area contributed by atoms with Crippen molar-refractivity contribution in [3.8, 4) is 0 Å². The summed E-state index contributed by atoms with van der Waals surface area (Å²) in [7, 11) is 1.93. The van der Waals surface area contributed by atoms with Crippen LogP contribution in [0, 0.1) is 5.82 Å². The minimum atomic E-state index is -0.372. The van der Waals surface area contributed by atoms with Crippen LogP contribution >= 0.6 is 27.5 Å². The van der Waals surface area contributed by atoms with Gasteiger partial charge in [0.15, 0.2) is 0 Å². The predicted octanol–water partition coefficient (Wildman–Crippen LogP) is 4.79. The largest absolute Gasteiger partial charge is 0.319 e. The summed E-state index contributed by atoms with van der Waals surface area (Å²) in [6.45, 7) is 0.853. The molecule has 0 fully saturated rings. The molecule has 0 aliphatic heterocycles. The third-order valence-corrected chi connectivity index (χ3v) is 4.02. The van der Waals surface area contributed by atoms with Crippen LogP contribution < -0.4 is 5.32 Å². The molecule has 0 saturated heterocycles. The van der Waals surface area contributed by atoms with Gasteiger partial charge in [-0.25, -0.2) is 4.39 Å². The van der Waals surface area contributed by atoms with E-state index in [1.807, 2.05) is 19.2 Å². The molecule has 0 heterocycles. The number of likely N-dealkylation sites (N-methyl/N-ethyl adjacent to an activating group) is 1. The van der Waals surface area contributed by atoms with E-state index in [1.54, 1.807) is 12.1 Å². The van der Waals surface area contributed by atoms with E-state index in [0.717, 1.165) is 23.0 Å². The SMILES string of the molecule is CNCC(Cc1ccc(F)c(Cl)c1)c1cccc(Br)c1. The average Bonchev–Trinajstić information content (AvgIpc) is 2.42. The molecule has 0 amide bonds. The van der Waals surface area contributed by atoms with Crippen LogP contribution in [0.15, 0.2) is 46.9 Å². The lowest BCUT2D eigenvalue weighted by molar-refractivity contribution is 0.615. The van der Waals surface area contributed by atoms with Crippen LogP contribution in [-0.4, -0.2) is 13.6 Å². The van der Waals surface area contributed by atoms with Crippen LogP contribution in [0.4, 0.5) is 4.39 Å². The van der Waals surface area contributed by atoms with Gasteiger partial charge in [-0.3, -0.25) is 0 Å². The van der Waals surface area contributed by atoms with Gasteiger partial charge in [-0.05, 0) is 48.9 Å². The molecule has 4 heteroatoms. The fraction of sp³-hybridized carbons (Fsp3) is 0.250. The molecule has 2 rings (SSSR count). The standard InChI is InChI=1S/C16H16BrClFN/c1-20-10-13(12-3-2-4-14(17)9-12)7-11-5-6-16(19)15(18)8-11/h2-6,8-9,13,20H,7,10H2,1H3. The van der Waals surface area contributed by atoms with Crippen molar-refractivity contribution in [1.29, 1.82) is 0 Å². The summed E-state index contributed by atoms with van der Waals surface area (Å²) in [5, 5.41) is 3.39. The number of rotatable bonds is 5. The minimum absolute atomic E-state index is 0.181. The van der Waals surface area contributed by atoms with Crippen molar-refractivity contribution in [3.63, 3.8) is 0 Å². The molecule has 2 aromatic carbocycles. The first-order valence-electron chi connectivity index (χ1n) is 6.44. The van der Waals surface area contributed by atoms with Crippen molar-refractivity contribution in [2.75, 3.05) is 13.6 Å². The molecule has 0 aliphatic carbocycles. The third kappa shape index (κ3) is 4.05. The van der Waals surface area contributed by atoms with E-state index in [2.05, 4.69) is 33.4 Å². The molecule has 0 bridgehead atoms. The number of benzene rings is 2. The molecule has 0 aliphatic rings. The van der Waals surface area contributed by atoms with E-state index in [9.17, 15) is 4.39 Å². The van der Waals surface area contributed by atoms with Crippen molar-refractivity contribution in [1.82, 2.24) is 5.32 Å². The van der Waals surface area contributed by atoms with E-state index >= 15 is 0 Å². The van der Waals surface area contributed by atoms with E-state index in [-0.39, 0.29) is 10.8 Å². The zero-order chi connectivity index (χ0) is 14.5. The molecule has 0 aromatic heterocycles. The molecule has 1 atom stereocenters. The summed E-state index contributed by atoms with van der Waals surface area (Å²) in [6, 6.07) is 13.2. The zero-order valence-electron chi connectivity index (χ0n) is 11.2. The van der Waals surface area contributed by atoms with E-state index < -0.39 is 0 Å². The van der Waals surface area contributed by atoms with Crippen molar-refractivity contribution in [3.05, 3.63) is 68.9 Å². The maximum absolute atomic E-state index is 13.2. The number of halogens is 3. The first-order chi connectivity index (χ1) is 9.60. The first kappa shape index (κ1) is 15.5. The molecular formula is C16H16BrClFN. The maximum atomic E-state index is 13.2. The van der Waals surface area contributed by atoms with Gasteiger partial charge < -0.3 is 5.32 Å². The van der Waals surface area contributed by atoms with Gasteiger partial charge in [-0.2, -0.15) is 0 Å². The van der Waals surface area contributed by atoms with Gasteiger partial charge in [-0.15, -0.1) is 0 Å². The second-order valence-electron chi connectivity index (χ2n) is 4.76. The summed E-state index contributed by atoms with van der Waals surface area (Å²) in [6.07, 6.45) is 0.817. The Morgan fingerprint density at radius 3 is 2.70 bits per heavy atom. The second-order valence-corrected chi connectivity index (χ2v) is 6.09. The summed E-state index contributed by atoms with van der Waals surface area (Å²) in [4.78, 5) is 0. The Hall–Kier alpha value is -0.900. The number of nitrogens with one attached hydrogen (secondary N) is 1. The number of hydrogen-bond donors (Lipinski definition) is 1. The lowest BCUT2D eigenvalue weighted by Gasteiger charge is -2.18. The molecule has 1 N–H and O–H groups in total. The Morgan fingerprint density at radius 2 is 2.05 bits per heavy atom. The molecular weight excluding hydrogens is 341 g/mol. The Balaban J connectivity index is 2.22. The van der Waals surface area contributed by atoms with Crippen LogP contribution in [0.3, 0.4) is 0 Å². The highest BCUT2D eigenvalue weighted by Crippen LogP contribution is 2.25. The van der Waals surface area contributed by atoms with Crippen LogP contribution in [0.5, 0.6) is 0 Å². The lowest BCUT2D eigenvalue weighted by Crippen LogP contribution is -2.19. The lowest BCUT2D eigenvalue weighted by atomic mass is 9.92. The van der Waals surface area contributed by atoms with Crippen molar-refractivity contribution in [2.45, 2.75) is 12.3 Å². The Labute approximate surface area is 132 Å². The van der Waals surface area contributed by atoms with Crippen molar-refractivity contribution >= 4 is 27.5 Å². The predicted molar refractivity (Wildman–Crippen MR) is 85.9 cm³/mol. The van der Waals surface area contributed by atoms with Crippen molar-refractivity contribution in [2.24, 2.45) is 0 Å². The minimum Gasteiger partial charge on any atom is -0.319 e. The second kappa shape index (κ2) is 7.21. The molecule has 0 saturated carbocycles. The highest BCUT2D eigenvalue weighted by Gasteiger charge is 2.13. The monoisotopic (exact) mass is 355 g/mol. The van der Waals surface area contributed by atoms with Crippen LogP contribution in [-0.2, 0) is 6.42 Å². The van der Waals surface area contributed by atoms with Gasteiger partial charge in [0.25, 0.3) is 0 Å². The van der Waals surface area contributed by atoms with E-state index in [4.69, 9.17) is 11.6 Å². The van der Waals surface area contributed by atoms with Crippen LogP contribution in [0.25, 0.3) is 0 Å². The van der Waals surface area contributed by atoms with Gasteiger partial charge >= 0.3 is 0 Å². The smallest absolute Gasteiger partial charge is 0.141 e. The van der Waals surface area contributed by atoms with E-state index in [0.29, 0.717) is 5.92 Å². The summed E-state index contributed by atoms with van der Waals surface area (Å²) >= 11 is 9.34. The average molecular weight is 357 g/mol. The Morgan fingerprint density at radius 1 is 1.25 bits per heavy atom. The summed E-state index contributed by atoms with van der Waals surface area (Å²) in [5.41, 5.74) is 2.28. The molecule has 106 valence electrons. The zero-order valence-corrected chi connectivity index (χ0v) is 13.5. The topological polar surface area (TPSA) is 12.0 Å². The Kier molecular flexibility index (Phi) is 5.58. The fourth-order valence-corrected chi connectivity index (χ4v) is 2.89. The molecule has 0 spiro atoms. The molecule has 20 heavy (non-hydrogen) atoms. The summed E-state index contributed by atoms with van der Waals surface area (Å²) < 4.78 is 14.3. The number of hydrogen-bond acceptors (Lipinski definition) is 1. The highest BCUT2D eigenvalue weighted by atomic mass is 79.9. The first-order valence-corrected chi connectivity index (χ1v) is 7.61. The summed E-state index contributed by atoms with van der Waals surface area (Å²) in [5.74, 6) is -0.0536. The van der Waals surface area contributed by atoms with Gasteiger partial charge in [0, 0.05) is 16.9 Å².